The van der Waals surface area contributed by atoms with Gasteiger partial charge in [0.1, 0.15) is 5.69 Å². The number of carboxylic acid groups (broad SMARTS) is 1. The number of carboxylic acids is 1. The maximum absolute atomic E-state index is 12.7. The Balaban J connectivity index is 2.25. The molecule has 2 rings (SSSR count). The Hall–Kier alpha value is -1.30. The SMILES string of the molecule is CCC1(C(=O)O)CCN(C(=O)c2cc(Br)cn2C(C)C)C1. The van der Waals surface area contributed by atoms with Crippen LogP contribution in [0, 0.1) is 5.41 Å². The average molecular weight is 357 g/mol. The molecule has 1 amide bonds. The van der Waals surface area contributed by atoms with Gasteiger partial charge in [0.05, 0.1) is 5.41 Å². The molecule has 1 saturated heterocycles. The second kappa shape index (κ2) is 5.83. The van der Waals surface area contributed by atoms with E-state index in [1.165, 1.54) is 0 Å². The van der Waals surface area contributed by atoms with Crippen LogP contribution in [0.5, 0.6) is 0 Å². The second-order valence-electron chi connectivity index (χ2n) is 5.96. The van der Waals surface area contributed by atoms with Gasteiger partial charge in [-0.1, -0.05) is 6.92 Å². The van der Waals surface area contributed by atoms with Gasteiger partial charge in [-0.15, -0.1) is 0 Å². The van der Waals surface area contributed by atoms with Crippen molar-refractivity contribution < 1.29 is 14.7 Å². The van der Waals surface area contributed by atoms with Gasteiger partial charge in [-0.25, -0.2) is 0 Å². The number of rotatable bonds is 4. The fraction of sp³-hybridized carbons (Fsp3) is 0.600. The van der Waals surface area contributed by atoms with Crippen LogP contribution in [-0.4, -0.2) is 39.5 Å². The smallest absolute Gasteiger partial charge is 0.311 e. The first kappa shape index (κ1) is 16.1. The molecule has 1 atom stereocenters. The largest absolute Gasteiger partial charge is 0.481 e. The lowest BCUT2D eigenvalue weighted by molar-refractivity contribution is -0.148. The number of hydrogen-bond acceptors (Lipinski definition) is 2. The first-order valence-electron chi connectivity index (χ1n) is 7.21. The molecule has 0 radical (unpaired) electrons. The molecule has 0 bridgehead atoms. The number of aliphatic carboxylic acids is 1. The van der Waals surface area contributed by atoms with Gasteiger partial charge in [-0.2, -0.15) is 0 Å². The molecular weight excluding hydrogens is 336 g/mol. The molecule has 0 spiro atoms. The van der Waals surface area contributed by atoms with E-state index in [0.717, 1.165) is 4.47 Å². The number of halogens is 1. The van der Waals surface area contributed by atoms with Crippen molar-refractivity contribution in [2.75, 3.05) is 13.1 Å². The first-order chi connectivity index (χ1) is 9.80. The molecule has 0 saturated carbocycles. The van der Waals surface area contributed by atoms with E-state index >= 15 is 0 Å². The van der Waals surface area contributed by atoms with Crippen LogP contribution in [0.1, 0.15) is 50.1 Å². The van der Waals surface area contributed by atoms with E-state index in [4.69, 9.17) is 0 Å². The van der Waals surface area contributed by atoms with Crippen LogP contribution < -0.4 is 0 Å². The Morgan fingerprint density at radius 3 is 2.62 bits per heavy atom. The predicted molar refractivity (Wildman–Crippen MR) is 83.4 cm³/mol. The van der Waals surface area contributed by atoms with Crippen LogP contribution in [0.2, 0.25) is 0 Å². The molecule has 1 fully saturated rings. The van der Waals surface area contributed by atoms with E-state index in [1.807, 2.05) is 31.5 Å². The molecule has 1 unspecified atom stereocenters. The molecule has 6 heteroatoms. The van der Waals surface area contributed by atoms with Crippen molar-refractivity contribution in [1.82, 2.24) is 9.47 Å². The lowest BCUT2D eigenvalue weighted by Gasteiger charge is -2.23. The topological polar surface area (TPSA) is 62.5 Å². The fourth-order valence-electron chi connectivity index (χ4n) is 2.87. The summed E-state index contributed by atoms with van der Waals surface area (Å²) >= 11 is 3.40. The maximum Gasteiger partial charge on any atom is 0.311 e. The van der Waals surface area contributed by atoms with E-state index in [0.29, 0.717) is 31.6 Å². The minimum Gasteiger partial charge on any atom is -0.481 e. The quantitative estimate of drug-likeness (QED) is 0.900. The summed E-state index contributed by atoms with van der Waals surface area (Å²) in [5.41, 5.74) is -0.184. The summed E-state index contributed by atoms with van der Waals surface area (Å²) < 4.78 is 2.78. The minimum atomic E-state index is -0.805. The monoisotopic (exact) mass is 356 g/mol. The molecular formula is C15H21BrN2O3. The number of hydrogen-bond donors (Lipinski definition) is 1. The Morgan fingerprint density at radius 2 is 2.14 bits per heavy atom. The number of carbonyl (C=O) groups is 2. The Bertz CT molecular complexity index is 567. The van der Waals surface area contributed by atoms with Crippen LogP contribution >= 0.6 is 15.9 Å². The third kappa shape index (κ3) is 2.86. The van der Waals surface area contributed by atoms with Crippen molar-refractivity contribution in [3.05, 3.63) is 22.4 Å². The van der Waals surface area contributed by atoms with E-state index in [2.05, 4.69) is 15.9 Å². The lowest BCUT2D eigenvalue weighted by atomic mass is 9.84. The van der Waals surface area contributed by atoms with E-state index < -0.39 is 11.4 Å². The number of aromatic nitrogens is 1. The van der Waals surface area contributed by atoms with Crippen molar-refractivity contribution >= 4 is 27.8 Å². The van der Waals surface area contributed by atoms with Gasteiger partial charge in [-0.05, 0) is 48.7 Å². The normalized spacial score (nSPS) is 22.0. The fourth-order valence-corrected chi connectivity index (χ4v) is 3.30. The van der Waals surface area contributed by atoms with E-state index in [-0.39, 0.29) is 11.9 Å². The Kier molecular flexibility index (Phi) is 4.46. The van der Waals surface area contributed by atoms with Crippen molar-refractivity contribution in [2.45, 2.75) is 39.7 Å². The average Bonchev–Trinajstić information content (AvgIpc) is 3.02. The summed E-state index contributed by atoms with van der Waals surface area (Å²) in [6.45, 7) is 6.69. The summed E-state index contributed by atoms with van der Waals surface area (Å²) in [4.78, 5) is 25.9. The zero-order chi connectivity index (χ0) is 15.8. The minimum absolute atomic E-state index is 0.0917. The highest BCUT2D eigenvalue weighted by Crippen LogP contribution is 2.35. The molecule has 116 valence electrons. The number of amides is 1. The maximum atomic E-state index is 12.7. The summed E-state index contributed by atoms with van der Waals surface area (Å²) in [7, 11) is 0. The summed E-state index contributed by atoms with van der Waals surface area (Å²) in [6.07, 6.45) is 2.95. The highest BCUT2D eigenvalue weighted by Gasteiger charge is 2.45. The third-order valence-electron chi connectivity index (χ3n) is 4.36. The molecule has 1 N–H and O–H groups in total. The highest BCUT2D eigenvalue weighted by molar-refractivity contribution is 9.10. The Morgan fingerprint density at radius 1 is 1.48 bits per heavy atom. The second-order valence-corrected chi connectivity index (χ2v) is 6.88. The van der Waals surface area contributed by atoms with Gasteiger partial charge in [-0.3, -0.25) is 9.59 Å². The van der Waals surface area contributed by atoms with Gasteiger partial charge >= 0.3 is 5.97 Å². The molecule has 1 aromatic heterocycles. The molecule has 1 aliphatic heterocycles. The van der Waals surface area contributed by atoms with Crippen LogP contribution in [0.3, 0.4) is 0 Å². The third-order valence-corrected chi connectivity index (χ3v) is 4.80. The van der Waals surface area contributed by atoms with Crippen LogP contribution in [0.4, 0.5) is 0 Å². The molecule has 0 aliphatic carbocycles. The molecule has 5 nitrogen and oxygen atoms in total. The van der Waals surface area contributed by atoms with Crippen LogP contribution in [0.25, 0.3) is 0 Å². The highest BCUT2D eigenvalue weighted by atomic mass is 79.9. The van der Waals surface area contributed by atoms with Gasteiger partial charge in [0.25, 0.3) is 5.91 Å². The van der Waals surface area contributed by atoms with E-state index in [1.54, 1.807) is 11.0 Å². The zero-order valence-electron chi connectivity index (χ0n) is 12.6. The van der Waals surface area contributed by atoms with Crippen molar-refractivity contribution in [2.24, 2.45) is 5.41 Å². The number of nitrogens with zero attached hydrogens (tertiary/aromatic N) is 2. The van der Waals surface area contributed by atoms with Crippen molar-refractivity contribution in [1.29, 1.82) is 0 Å². The standard InChI is InChI=1S/C15H21BrN2O3/c1-4-15(14(20)21)5-6-17(9-15)13(19)12-7-11(16)8-18(12)10(2)3/h7-8,10H,4-6,9H2,1-3H3,(H,20,21). The summed E-state index contributed by atoms with van der Waals surface area (Å²) in [5, 5.41) is 9.43. The van der Waals surface area contributed by atoms with Crippen LogP contribution in [0.15, 0.2) is 16.7 Å². The first-order valence-corrected chi connectivity index (χ1v) is 8.00. The lowest BCUT2D eigenvalue weighted by Crippen LogP contribution is -2.37. The summed E-state index contributed by atoms with van der Waals surface area (Å²) in [5.74, 6) is -0.897. The number of likely N-dealkylation sites (tertiary alicyclic amines) is 1. The summed E-state index contributed by atoms with van der Waals surface area (Å²) in [6, 6.07) is 1.97. The molecule has 21 heavy (non-hydrogen) atoms. The van der Waals surface area contributed by atoms with Crippen molar-refractivity contribution in [3.8, 4) is 0 Å². The van der Waals surface area contributed by atoms with E-state index in [9.17, 15) is 14.7 Å². The number of carbonyl (C=O) groups excluding carboxylic acids is 1. The van der Waals surface area contributed by atoms with Gasteiger partial charge in [0.2, 0.25) is 0 Å². The van der Waals surface area contributed by atoms with Crippen LogP contribution in [-0.2, 0) is 4.79 Å². The predicted octanol–water partition coefficient (Wildman–Crippen LogP) is 3.16. The van der Waals surface area contributed by atoms with Gasteiger partial charge in [0, 0.05) is 29.8 Å². The molecule has 2 heterocycles. The van der Waals surface area contributed by atoms with Crippen molar-refractivity contribution in [3.63, 3.8) is 0 Å². The molecule has 0 aromatic carbocycles. The molecule has 1 aromatic rings. The van der Waals surface area contributed by atoms with Gasteiger partial charge in [0.15, 0.2) is 0 Å². The Labute approximate surface area is 133 Å². The zero-order valence-corrected chi connectivity index (χ0v) is 14.2. The molecule has 1 aliphatic rings. The van der Waals surface area contributed by atoms with Gasteiger partial charge < -0.3 is 14.6 Å².